The molecule has 0 atom stereocenters. The first-order chi connectivity index (χ1) is 5.91. The van der Waals surface area contributed by atoms with Gasteiger partial charge in [0.2, 0.25) is 0 Å². The highest BCUT2D eigenvalue weighted by Gasteiger charge is 2.31. The van der Waals surface area contributed by atoms with Crippen molar-refractivity contribution < 1.29 is 13.2 Å². The highest BCUT2D eigenvalue weighted by molar-refractivity contribution is 4.91. The molecular formula is C9H16F3N. The summed E-state index contributed by atoms with van der Waals surface area (Å²) in [5.41, 5.74) is 0.131. The van der Waals surface area contributed by atoms with Gasteiger partial charge < -0.3 is 5.32 Å². The first kappa shape index (κ1) is 10.8. The summed E-state index contributed by atoms with van der Waals surface area (Å²) in [4.78, 5) is 0. The van der Waals surface area contributed by atoms with Crippen LogP contribution in [0.25, 0.3) is 0 Å². The van der Waals surface area contributed by atoms with Gasteiger partial charge in [0.1, 0.15) is 0 Å². The van der Waals surface area contributed by atoms with E-state index in [1.165, 1.54) is 6.42 Å². The fraction of sp³-hybridized carbons (Fsp3) is 1.00. The van der Waals surface area contributed by atoms with Crippen LogP contribution >= 0.6 is 0 Å². The molecule has 0 aromatic heterocycles. The van der Waals surface area contributed by atoms with E-state index in [0.29, 0.717) is 6.54 Å². The summed E-state index contributed by atoms with van der Waals surface area (Å²) < 4.78 is 35.2. The van der Waals surface area contributed by atoms with Crippen molar-refractivity contribution in [2.24, 2.45) is 0 Å². The maximum absolute atomic E-state index is 11.7. The van der Waals surface area contributed by atoms with Crippen molar-refractivity contribution in [2.75, 3.05) is 6.54 Å². The van der Waals surface area contributed by atoms with Gasteiger partial charge in [0.25, 0.3) is 0 Å². The monoisotopic (exact) mass is 195 g/mol. The molecule has 0 bridgehead atoms. The molecule has 1 aliphatic rings. The van der Waals surface area contributed by atoms with Crippen LogP contribution in [0.2, 0.25) is 0 Å². The van der Waals surface area contributed by atoms with Crippen molar-refractivity contribution in [3.8, 4) is 0 Å². The highest BCUT2D eigenvalue weighted by atomic mass is 19.4. The van der Waals surface area contributed by atoms with E-state index in [9.17, 15) is 13.2 Å². The second-order valence-electron chi connectivity index (χ2n) is 4.06. The molecule has 1 fully saturated rings. The van der Waals surface area contributed by atoms with Gasteiger partial charge >= 0.3 is 6.18 Å². The first-order valence-electron chi connectivity index (χ1n) is 4.73. The van der Waals surface area contributed by atoms with Crippen molar-refractivity contribution in [1.29, 1.82) is 0 Å². The number of hydrogen-bond acceptors (Lipinski definition) is 1. The molecule has 0 radical (unpaired) electrons. The van der Waals surface area contributed by atoms with Gasteiger partial charge in [0.15, 0.2) is 0 Å². The molecule has 4 heteroatoms. The molecule has 1 rings (SSSR count). The van der Waals surface area contributed by atoms with Gasteiger partial charge in [0, 0.05) is 12.0 Å². The van der Waals surface area contributed by atoms with Crippen LogP contribution in [0.4, 0.5) is 13.2 Å². The number of halogens is 3. The molecule has 0 amide bonds. The number of hydrogen-bond donors (Lipinski definition) is 1. The lowest BCUT2D eigenvalue weighted by Gasteiger charge is -2.39. The van der Waals surface area contributed by atoms with Crippen molar-refractivity contribution in [3.63, 3.8) is 0 Å². The van der Waals surface area contributed by atoms with Crippen LogP contribution in [0.1, 0.15) is 39.0 Å². The van der Waals surface area contributed by atoms with E-state index in [4.69, 9.17) is 0 Å². The molecular weight excluding hydrogens is 179 g/mol. The van der Waals surface area contributed by atoms with Crippen molar-refractivity contribution in [1.82, 2.24) is 5.32 Å². The Morgan fingerprint density at radius 2 is 1.92 bits per heavy atom. The van der Waals surface area contributed by atoms with Gasteiger partial charge in [-0.05, 0) is 39.2 Å². The lowest BCUT2D eigenvalue weighted by Crippen LogP contribution is -2.48. The molecule has 0 aromatic carbocycles. The van der Waals surface area contributed by atoms with Gasteiger partial charge in [-0.1, -0.05) is 0 Å². The van der Waals surface area contributed by atoms with E-state index in [1.54, 1.807) is 0 Å². The molecule has 0 aliphatic heterocycles. The van der Waals surface area contributed by atoms with E-state index >= 15 is 0 Å². The topological polar surface area (TPSA) is 12.0 Å². The Morgan fingerprint density at radius 3 is 2.31 bits per heavy atom. The quantitative estimate of drug-likeness (QED) is 0.680. The summed E-state index contributed by atoms with van der Waals surface area (Å²) in [5.74, 6) is 0. The second-order valence-corrected chi connectivity index (χ2v) is 4.06. The average Bonchev–Trinajstić information content (AvgIpc) is 1.93. The molecule has 1 nitrogen and oxygen atoms in total. The fourth-order valence-electron chi connectivity index (χ4n) is 1.56. The molecule has 0 aromatic rings. The summed E-state index contributed by atoms with van der Waals surface area (Å²) in [5, 5.41) is 3.17. The second kappa shape index (κ2) is 3.86. The van der Waals surface area contributed by atoms with E-state index < -0.39 is 12.6 Å². The molecule has 1 N–H and O–H groups in total. The fourth-order valence-corrected chi connectivity index (χ4v) is 1.56. The predicted octanol–water partition coefficient (Wildman–Crippen LogP) is 2.86. The Labute approximate surface area is 76.7 Å². The number of nitrogens with one attached hydrogen (secondary N) is 1. The average molecular weight is 195 g/mol. The maximum atomic E-state index is 11.7. The minimum Gasteiger partial charge on any atom is -0.312 e. The predicted molar refractivity (Wildman–Crippen MR) is 45.5 cm³/mol. The Morgan fingerprint density at radius 1 is 1.31 bits per heavy atom. The van der Waals surface area contributed by atoms with Crippen LogP contribution in [0, 0.1) is 0 Å². The van der Waals surface area contributed by atoms with Crippen LogP contribution in [0.3, 0.4) is 0 Å². The zero-order valence-electron chi connectivity index (χ0n) is 7.88. The summed E-state index contributed by atoms with van der Waals surface area (Å²) in [6.07, 6.45) is -1.09. The largest absolute Gasteiger partial charge is 0.389 e. The zero-order chi connectivity index (χ0) is 9.95. The third-order valence-corrected chi connectivity index (χ3v) is 2.65. The summed E-state index contributed by atoms with van der Waals surface area (Å²) in [6, 6.07) is 0. The Kier molecular flexibility index (Phi) is 3.22. The zero-order valence-corrected chi connectivity index (χ0v) is 7.88. The SMILES string of the molecule is CC1(NCCCC(F)(F)F)CCC1. The van der Waals surface area contributed by atoms with Crippen LogP contribution < -0.4 is 5.32 Å². The van der Waals surface area contributed by atoms with Crippen LogP contribution in [-0.4, -0.2) is 18.3 Å². The highest BCUT2D eigenvalue weighted by Crippen LogP contribution is 2.31. The summed E-state index contributed by atoms with van der Waals surface area (Å²) >= 11 is 0. The molecule has 1 aliphatic carbocycles. The lowest BCUT2D eigenvalue weighted by molar-refractivity contribution is -0.135. The minimum absolute atomic E-state index is 0.131. The van der Waals surface area contributed by atoms with Crippen LogP contribution in [0.15, 0.2) is 0 Å². The smallest absolute Gasteiger partial charge is 0.312 e. The Balaban J connectivity index is 2.01. The molecule has 0 unspecified atom stereocenters. The minimum atomic E-state index is -4.00. The Hall–Kier alpha value is -0.250. The molecule has 0 saturated heterocycles. The maximum Gasteiger partial charge on any atom is 0.389 e. The Bertz CT molecular complexity index is 161. The van der Waals surface area contributed by atoms with Crippen molar-refractivity contribution in [3.05, 3.63) is 0 Å². The first-order valence-corrected chi connectivity index (χ1v) is 4.73. The summed E-state index contributed by atoms with van der Waals surface area (Å²) in [6.45, 7) is 2.56. The van der Waals surface area contributed by atoms with E-state index in [1.807, 2.05) is 0 Å². The molecule has 13 heavy (non-hydrogen) atoms. The third-order valence-electron chi connectivity index (χ3n) is 2.65. The normalized spacial score (nSPS) is 21.2. The molecule has 0 heterocycles. The van der Waals surface area contributed by atoms with Crippen molar-refractivity contribution in [2.45, 2.75) is 50.7 Å². The van der Waals surface area contributed by atoms with Gasteiger partial charge in [-0.25, -0.2) is 0 Å². The van der Waals surface area contributed by atoms with Crippen LogP contribution in [-0.2, 0) is 0 Å². The molecule has 0 spiro atoms. The lowest BCUT2D eigenvalue weighted by atomic mass is 9.78. The van der Waals surface area contributed by atoms with Gasteiger partial charge in [-0.3, -0.25) is 0 Å². The summed E-state index contributed by atoms with van der Waals surface area (Å²) in [7, 11) is 0. The standard InChI is InChI=1S/C9H16F3N/c1-8(4-2-5-8)13-7-3-6-9(10,11)12/h13H,2-7H2,1H3. The number of rotatable bonds is 4. The third kappa shape index (κ3) is 3.98. The van der Waals surface area contributed by atoms with E-state index in [0.717, 1.165) is 12.8 Å². The van der Waals surface area contributed by atoms with Gasteiger partial charge in [-0.15, -0.1) is 0 Å². The number of alkyl halides is 3. The van der Waals surface area contributed by atoms with E-state index in [-0.39, 0.29) is 12.0 Å². The van der Waals surface area contributed by atoms with Crippen LogP contribution in [0.5, 0.6) is 0 Å². The van der Waals surface area contributed by atoms with Gasteiger partial charge in [0.05, 0.1) is 0 Å². The molecule has 78 valence electrons. The van der Waals surface area contributed by atoms with Crippen molar-refractivity contribution >= 4 is 0 Å². The molecule has 1 saturated carbocycles. The van der Waals surface area contributed by atoms with E-state index in [2.05, 4.69) is 12.2 Å². The van der Waals surface area contributed by atoms with Gasteiger partial charge in [-0.2, -0.15) is 13.2 Å².